The summed E-state index contributed by atoms with van der Waals surface area (Å²) < 4.78 is 7.68. The third-order valence-electron chi connectivity index (χ3n) is 4.95. The number of rotatable bonds is 6. The van der Waals surface area contributed by atoms with Gasteiger partial charge in [-0.2, -0.15) is 0 Å². The van der Waals surface area contributed by atoms with Gasteiger partial charge in [0, 0.05) is 44.4 Å². The summed E-state index contributed by atoms with van der Waals surface area (Å²) in [7, 11) is 2.18. The zero-order chi connectivity index (χ0) is 18.6. The van der Waals surface area contributed by atoms with E-state index in [1.807, 2.05) is 36.4 Å². The summed E-state index contributed by atoms with van der Waals surface area (Å²) in [5.41, 5.74) is 2.54. The van der Waals surface area contributed by atoms with Crippen LogP contribution in [0.1, 0.15) is 6.42 Å². The maximum Gasteiger partial charge on any atom is 0.231 e. The lowest BCUT2D eigenvalue weighted by Gasteiger charge is -2.32. The minimum absolute atomic E-state index is 0.604. The van der Waals surface area contributed by atoms with E-state index in [9.17, 15) is 0 Å². The number of piperazine rings is 1. The molecule has 0 unspecified atom stereocenters. The van der Waals surface area contributed by atoms with E-state index in [-0.39, 0.29) is 0 Å². The Hall–Kier alpha value is -2.15. The second-order valence-corrected chi connectivity index (χ2v) is 7.32. The van der Waals surface area contributed by atoms with Crippen molar-refractivity contribution < 1.29 is 4.74 Å². The van der Waals surface area contributed by atoms with Crippen LogP contribution in [0, 0.1) is 0 Å². The number of halogens is 1. The van der Waals surface area contributed by atoms with Crippen LogP contribution < -0.4 is 4.74 Å². The summed E-state index contributed by atoms with van der Waals surface area (Å²) in [6.07, 6.45) is 2.78. The van der Waals surface area contributed by atoms with Crippen LogP contribution in [0.4, 0.5) is 0 Å². The van der Waals surface area contributed by atoms with Crippen molar-refractivity contribution in [1.82, 2.24) is 24.4 Å². The summed E-state index contributed by atoms with van der Waals surface area (Å²) in [6, 6.07) is 11.5. The molecule has 0 atom stereocenters. The van der Waals surface area contributed by atoms with Gasteiger partial charge in [-0.05, 0) is 25.6 Å². The molecule has 0 radical (unpaired) electrons. The Labute approximate surface area is 164 Å². The second-order valence-electron chi connectivity index (χ2n) is 6.91. The van der Waals surface area contributed by atoms with Crippen molar-refractivity contribution in [3.63, 3.8) is 0 Å². The Morgan fingerprint density at radius 1 is 1.07 bits per heavy atom. The van der Waals surface area contributed by atoms with Crippen molar-refractivity contribution >= 4 is 17.2 Å². The van der Waals surface area contributed by atoms with Gasteiger partial charge in [0.1, 0.15) is 0 Å². The van der Waals surface area contributed by atoms with Gasteiger partial charge in [0.25, 0.3) is 0 Å². The van der Waals surface area contributed by atoms with Gasteiger partial charge >= 0.3 is 0 Å². The molecule has 1 saturated heterocycles. The van der Waals surface area contributed by atoms with E-state index in [0.29, 0.717) is 17.5 Å². The fourth-order valence-corrected chi connectivity index (χ4v) is 3.55. The zero-order valence-corrected chi connectivity index (χ0v) is 16.3. The highest BCUT2D eigenvalue weighted by Crippen LogP contribution is 2.28. The van der Waals surface area contributed by atoms with E-state index in [0.717, 1.165) is 56.0 Å². The largest absolute Gasteiger partial charge is 0.477 e. The number of fused-ring (bicyclic) bond motifs is 1. The molecule has 0 spiro atoms. The lowest BCUT2D eigenvalue weighted by molar-refractivity contribution is 0.145. The highest BCUT2D eigenvalue weighted by molar-refractivity contribution is 6.33. The smallest absolute Gasteiger partial charge is 0.231 e. The first-order chi connectivity index (χ1) is 13.2. The first-order valence-corrected chi connectivity index (χ1v) is 9.72. The molecule has 3 aromatic rings. The van der Waals surface area contributed by atoms with Gasteiger partial charge < -0.3 is 14.5 Å². The monoisotopic (exact) mass is 385 g/mol. The predicted molar refractivity (Wildman–Crippen MR) is 107 cm³/mol. The molecule has 0 aliphatic carbocycles. The maximum absolute atomic E-state index is 6.33. The summed E-state index contributed by atoms with van der Waals surface area (Å²) in [6.45, 7) is 6.27. The Morgan fingerprint density at radius 3 is 2.70 bits per heavy atom. The average molecular weight is 386 g/mol. The summed E-state index contributed by atoms with van der Waals surface area (Å²) in [4.78, 5) is 9.28. The highest BCUT2D eigenvalue weighted by Gasteiger charge is 2.13. The number of hydrogen-bond donors (Lipinski definition) is 0. The van der Waals surface area contributed by atoms with Crippen LogP contribution in [0.3, 0.4) is 0 Å². The van der Waals surface area contributed by atoms with Gasteiger partial charge in [-0.1, -0.05) is 29.8 Å². The average Bonchev–Trinajstić information content (AvgIpc) is 3.10. The summed E-state index contributed by atoms with van der Waals surface area (Å²) >= 11 is 6.33. The molecule has 7 heteroatoms. The maximum atomic E-state index is 6.33. The van der Waals surface area contributed by atoms with Crippen molar-refractivity contribution in [1.29, 1.82) is 0 Å². The van der Waals surface area contributed by atoms with Gasteiger partial charge in [0.2, 0.25) is 5.88 Å². The quantitative estimate of drug-likeness (QED) is 0.610. The van der Waals surface area contributed by atoms with Crippen LogP contribution in [0.25, 0.3) is 16.9 Å². The Balaban J connectivity index is 1.40. The van der Waals surface area contributed by atoms with Crippen LogP contribution in [-0.2, 0) is 0 Å². The molecule has 142 valence electrons. The number of hydrogen-bond acceptors (Lipinski definition) is 5. The van der Waals surface area contributed by atoms with Gasteiger partial charge in [-0.15, -0.1) is 5.10 Å². The lowest BCUT2D eigenvalue weighted by atomic mass is 10.2. The lowest BCUT2D eigenvalue weighted by Crippen LogP contribution is -2.44. The molecule has 1 aromatic carbocycles. The number of likely N-dealkylation sites (N-methyl/N-ethyl adjacent to an activating group) is 1. The molecule has 6 nitrogen and oxygen atoms in total. The Morgan fingerprint density at radius 2 is 1.89 bits per heavy atom. The van der Waals surface area contributed by atoms with Crippen molar-refractivity contribution in [2.24, 2.45) is 0 Å². The first-order valence-electron chi connectivity index (χ1n) is 9.34. The standard InChI is InChI=1S/C20H24ClN5O/c1-24-10-12-25(13-11-24)9-4-14-27-20-8-7-19-22-15-18(26(19)23-20)16-5-2-3-6-17(16)21/h2-3,5-8,15H,4,9-14H2,1H3. The van der Waals surface area contributed by atoms with E-state index in [1.165, 1.54) is 0 Å². The number of imidazole rings is 1. The Kier molecular flexibility index (Phi) is 5.57. The SMILES string of the molecule is CN1CCN(CCCOc2ccc3ncc(-c4ccccc4Cl)n3n2)CC1. The van der Waals surface area contributed by atoms with Gasteiger partial charge in [0.05, 0.1) is 23.5 Å². The van der Waals surface area contributed by atoms with E-state index < -0.39 is 0 Å². The molecule has 1 fully saturated rings. The number of aromatic nitrogens is 3. The van der Waals surface area contributed by atoms with Gasteiger partial charge in [-0.3, -0.25) is 0 Å². The third-order valence-corrected chi connectivity index (χ3v) is 5.28. The van der Waals surface area contributed by atoms with Crippen LogP contribution >= 0.6 is 11.6 Å². The molecule has 0 bridgehead atoms. The molecule has 0 saturated carbocycles. The van der Waals surface area contributed by atoms with Crippen LogP contribution in [0.2, 0.25) is 5.02 Å². The highest BCUT2D eigenvalue weighted by atomic mass is 35.5. The Bertz CT molecular complexity index is 904. The topological polar surface area (TPSA) is 45.9 Å². The van der Waals surface area contributed by atoms with E-state index in [1.54, 1.807) is 10.7 Å². The van der Waals surface area contributed by atoms with Crippen LogP contribution in [0.15, 0.2) is 42.6 Å². The number of ether oxygens (including phenoxy) is 1. The molecule has 0 N–H and O–H groups in total. The number of benzene rings is 1. The van der Waals surface area contributed by atoms with Gasteiger partial charge in [0.15, 0.2) is 5.65 Å². The minimum atomic E-state index is 0.604. The normalized spacial score (nSPS) is 16.1. The molecule has 0 amide bonds. The molecular formula is C20H24ClN5O. The van der Waals surface area contributed by atoms with Crippen molar-refractivity contribution in [3.8, 4) is 17.1 Å². The first kappa shape index (κ1) is 18.2. The van der Waals surface area contributed by atoms with Crippen LogP contribution in [0.5, 0.6) is 5.88 Å². The molecule has 3 heterocycles. The molecular weight excluding hydrogens is 362 g/mol. The fourth-order valence-electron chi connectivity index (χ4n) is 3.32. The molecule has 1 aliphatic heterocycles. The minimum Gasteiger partial charge on any atom is -0.477 e. The molecule has 4 rings (SSSR count). The third kappa shape index (κ3) is 4.24. The van der Waals surface area contributed by atoms with E-state index >= 15 is 0 Å². The molecule has 27 heavy (non-hydrogen) atoms. The second kappa shape index (κ2) is 8.25. The summed E-state index contributed by atoms with van der Waals surface area (Å²) in [5.74, 6) is 0.604. The van der Waals surface area contributed by atoms with E-state index in [4.69, 9.17) is 16.3 Å². The predicted octanol–water partition coefficient (Wildman–Crippen LogP) is 3.07. The van der Waals surface area contributed by atoms with Crippen LogP contribution in [-0.4, -0.2) is 70.8 Å². The fraction of sp³-hybridized carbons (Fsp3) is 0.400. The summed E-state index contributed by atoms with van der Waals surface area (Å²) in [5, 5.41) is 5.28. The molecule has 1 aliphatic rings. The van der Waals surface area contributed by atoms with Crippen molar-refractivity contribution in [3.05, 3.63) is 47.6 Å². The van der Waals surface area contributed by atoms with Crippen molar-refractivity contribution in [2.45, 2.75) is 6.42 Å². The molecule has 2 aromatic heterocycles. The van der Waals surface area contributed by atoms with Crippen molar-refractivity contribution in [2.75, 3.05) is 46.4 Å². The van der Waals surface area contributed by atoms with Gasteiger partial charge in [-0.25, -0.2) is 9.50 Å². The zero-order valence-electron chi connectivity index (χ0n) is 15.5. The van der Waals surface area contributed by atoms with E-state index in [2.05, 4.69) is 26.9 Å². The number of nitrogens with zero attached hydrogens (tertiary/aromatic N) is 5.